The fourth-order valence-corrected chi connectivity index (χ4v) is 2.32. The van der Waals surface area contributed by atoms with E-state index in [0.717, 1.165) is 6.42 Å². The third kappa shape index (κ3) is 3.28. The molecule has 0 aliphatic heterocycles. The molecule has 2 rings (SSSR count). The van der Waals surface area contributed by atoms with Crippen molar-refractivity contribution >= 4 is 11.6 Å². The van der Waals surface area contributed by atoms with Gasteiger partial charge in [0.2, 0.25) is 5.91 Å². The van der Waals surface area contributed by atoms with Crippen molar-refractivity contribution in [2.75, 3.05) is 11.9 Å². The van der Waals surface area contributed by atoms with E-state index in [2.05, 4.69) is 11.2 Å². The van der Waals surface area contributed by atoms with Gasteiger partial charge in [-0.25, -0.2) is 4.39 Å². The van der Waals surface area contributed by atoms with Gasteiger partial charge in [0, 0.05) is 6.07 Å². The van der Waals surface area contributed by atoms with Crippen LogP contribution in [-0.4, -0.2) is 23.7 Å². The lowest BCUT2D eigenvalue weighted by Gasteiger charge is -2.16. The number of aliphatic hydroxyl groups excluding tert-OH is 1. The lowest BCUT2D eigenvalue weighted by Crippen LogP contribution is -2.28. The minimum Gasteiger partial charge on any atom is -0.479 e. The molecule has 20 heavy (non-hydrogen) atoms. The number of carbonyl (C=O) groups excluding carboxylic acids is 1. The third-order valence-electron chi connectivity index (χ3n) is 3.33. The summed E-state index contributed by atoms with van der Waals surface area (Å²) in [5, 5.41) is 12.3. The normalized spacial score (nSPS) is 21.2. The Morgan fingerprint density at radius 3 is 3.00 bits per heavy atom. The molecule has 1 aliphatic rings. The standard InChI is InChI=1S/C15H16FNO3/c1-2-8-20-14-7-6-10(16)9-12(14)17-15(19)11-4-3-5-13(11)18/h1,6-7,9,11,13,18H,3-5,8H2,(H,17,19). The first-order valence-electron chi connectivity index (χ1n) is 6.46. The molecule has 4 nitrogen and oxygen atoms in total. The maximum Gasteiger partial charge on any atom is 0.230 e. The molecule has 0 radical (unpaired) electrons. The summed E-state index contributed by atoms with van der Waals surface area (Å²) in [4.78, 5) is 12.1. The van der Waals surface area contributed by atoms with Crippen LogP contribution in [0, 0.1) is 24.1 Å². The molecule has 0 heterocycles. The first-order valence-corrected chi connectivity index (χ1v) is 6.46. The second kappa shape index (κ2) is 6.40. The van der Waals surface area contributed by atoms with Crippen LogP contribution in [0.3, 0.4) is 0 Å². The molecule has 2 unspecified atom stereocenters. The van der Waals surface area contributed by atoms with Crippen molar-refractivity contribution in [3.8, 4) is 18.1 Å². The quantitative estimate of drug-likeness (QED) is 0.827. The highest BCUT2D eigenvalue weighted by Crippen LogP contribution is 2.30. The Bertz CT molecular complexity index is 538. The first kappa shape index (κ1) is 14.4. The summed E-state index contributed by atoms with van der Waals surface area (Å²) in [6.07, 6.45) is 6.51. The van der Waals surface area contributed by atoms with Crippen LogP contribution in [0.2, 0.25) is 0 Å². The molecule has 1 aliphatic carbocycles. The predicted octanol–water partition coefficient (Wildman–Crippen LogP) is 1.94. The third-order valence-corrected chi connectivity index (χ3v) is 3.33. The fourth-order valence-electron chi connectivity index (χ4n) is 2.32. The topological polar surface area (TPSA) is 58.6 Å². The number of nitrogens with one attached hydrogen (secondary N) is 1. The van der Waals surface area contributed by atoms with Gasteiger partial charge in [-0.2, -0.15) is 0 Å². The minimum absolute atomic E-state index is 0.0283. The zero-order valence-electron chi connectivity index (χ0n) is 10.9. The van der Waals surface area contributed by atoms with Gasteiger partial charge in [0.05, 0.1) is 17.7 Å². The number of hydrogen-bond acceptors (Lipinski definition) is 3. The van der Waals surface area contributed by atoms with Crippen LogP contribution in [0.4, 0.5) is 10.1 Å². The van der Waals surface area contributed by atoms with E-state index in [1.54, 1.807) is 0 Å². The molecule has 0 bridgehead atoms. The molecule has 2 N–H and O–H groups in total. The van der Waals surface area contributed by atoms with Gasteiger partial charge in [-0.1, -0.05) is 5.92 Å². The maximum atomic E-state index is 13.3. The van der Waals surface area contributed by atoms with Gasteiger partial charge in [-0.15, -0.1) is 6.42 Å². The smallest absolute Gasteiger partial charge is 0.230 e. The number of carbonyl (C=O) groups is 1. The second-order valence-corrected chi connectivity index (χ2v) is 4.73. The lowest BCUT2D eigenvalue weighted by atomic mass is 10.1. The van der Waals surface area contributed by atoms with E-state index in [9.17, 15) is 14.3 Å². The van der Waals surface area contributed by atoms with Crippen molar-refractivity contribution in [3.05, 3.63) is 24.0 Å². The number of rotatable bonds is 4. The number of terminal acetylenes is 1. The predicted molar refractivity (Wildman–Crippen MR) is 72.7 cm³/mol. The number of benzene rings is 1. The molecule has 0 spiro atoms. The van der Waals surface area contributed by atoms with Crippen molar-refractivity contribution in [1.82, 2.24) is 0 Å². The number of anilines is 1. The zero-order valence-corrected chi connectivity index (χ0v) is 10.9. The Morgan fingerprint density at radius 2 is 2.35 bits per heavy atom. The number of aliphatic hydroxyl groups is 1. The van der Waals surface area contributed by atoms with Crippen LogP contribution in [0.15, 0.2) is 18.2 Å². The molecule has 0 aromatic heterocycles. The summed E-state index contributed by atoms with van der Waals surface area (Å²) >= 11 is 0. The van der Waals surface area contributed by atoms with Crippen LogP contribution in [0.5, 0.6) is 5.75 Å². The Kier molecular flexibility index (Phi) is 4.59. The Hall–Kier alpha value is -2.06. The van der Waals surface area contributed by atoms with E-state index in [1.807, 2.05) is 0 Å². The molecule has 5 heteroatoms. The summed E-state index contributed by atoms with van der Waals surface area (Å²) in [6.45, 7) is 0.0283. The fraction of sp³-hybridized carbons (Fsp3) is 0.400. The SMILES string of the molecule is C#CCOc1ccc(F)cc1NC(=O)C1CCCC1O. The van der Waals surface area contributed by atoms with Crippen molar-refractivity contribution < 1.29 is 19.0 Å². The van der Waals surface area contributed by atoms with Gasteiger partial charge < -0.3 is 15.2 Å². The monoisotopic (exact) mass is 277 g/mol. The second-order valence-electron chi connectivity index (χ2n) is 4.73. The van der Waals surface area contributed by atoms with E-state index in [0.29, 0.717) is 18.6 Å². The van der Waals surface area contributed by atoms with E-state index in [1.165, 1.54) is 18.2 Å². The van der Waals surface area contributed by atoms with Crippen molar-refractivity contribution in [2.24, 2.45) is 5.92 Å². The van der Waals surface area contributed by atoms with Gasteiger partial charge in [-0.3, -0.25) is 4.79 Å². The zero-order chi connectivity index (χ0) is 14.5. The summed E-state index contributed by atoms with van der Waals surface area (Å²) in [5.74, 6) is 1.34. The molecule has 1 fully saturated rings. The number of halogens is 1. The van der Waals surface area contributed by atoms with Gasteiger partial charge >= 0.3 is 0 Å². The number of ether oxygens (including phenoxy) is 1. The minimum atomic E-state index is -0.640. The molecular weight excluding hydrogens is 261 g/mol. The average molecular weight is 277 g/mol. The van der Waals surface area contributed by atoms with Gasteiger partial charge in [0.15, 0.2) is 0 Å². The van der Waals surface area contributed by atoms with Gasteiger partial charge in [0.25, 0.3) is 0 Å². The van der Waals surface area contributed by atoms with E-state index in [4.69, 9.17) is 11.2 Å². The van der Waals surface area contributed by atoms with Crippen molar-refractivity contribution in [3.63, 3.8) is 0 Å². The van der Waals surface area contributed by atoms with E-state index in [-0.39, 0.29) is 18.2 Å². The highest BCUT2D eigenvalue weighted by molar-refractivity contribution is 5.94. The molecule has 1 aromatic carbocycles. The lowest BCUT2D eigenvalue weighted by molar-refractivity contribution is -0.122. The molecule has 1 saturated carbocycles. The summed E-state index contributed by atoms with van der Waals surface area (Å²) < 4.78 is 18.5. The van der Waals surface area contributed by atoms with Crippen LogP contribution < -0.4 is 10.1 Å². The molecule has 1 amide bonds. The summed E-state index contributed by atoms with van der Waals surface area (Å²) in [7, 11) is 0. The van der Waals surface area contributed by atoms with Crippen LogP contribution in [0.1, 0.15) is 19.3 Å². The molecule has 1 aromatic rings. The Morgan fingerprint density at radius 1 is 1.55 bits per heavy atom. The Labute approximate surface area is 116 Å². The highest BCUT2D eigenvalue weighted by atomic mass is 19.1. The van der Waals surface area contributed by atoms with Crippen LogP contribution in [0.25, 0.3) is 0 Å². The number of hydrogen-bond donors (Lipinski definition) is 2. The van der Waals surface area contributed by atoms with Gasteiger partial charge in [0.1, 0.15) is 18.2 Å². The van der Waals surface area contributed by atoms with Gasteiger partial charge in [-0.05, 0) is 31.4 Å². The number of amides is 1. The van der Waals surface area contributed by atoms with Crippen molar-refractivity contribution in [2.45, 2.75) is 25.4 Å². The average Bonchev–Trinajstić information content (AvgIpc) is 2.84. The van der Waals surface area contributed by atoms with E-state index < -0.39 is 17.8 Å². The summed E-state index contributed by atoms with van der Waals surface area (Å²) in [5.41, 5.74) is 0.226. The first-order chi connectivity index (χ1) is 9.61. The molecule has 2 atom stereocenters. The summed E-state index contributed by atoms with van der Waals surface area (Å²) in [6, 6.07) is 3.81. The Balaban J connectivity index is 2.13. The molecule has 0 saturated heterocycles. The molecular formula is C15H16FNO3. The maximum absolute atomic E-state index is 13.3. The van der Waals surface area contributed by atoms with Crippen LogP contribution >= 0.6 is 0 Å². The van der Waals surface area contributed by atoms with E-state index >= 15 is 0 Å². The van der Waals surface area contributed by atoms with Crippen LogP contribution in [-0.2, 0) is 4.79 Å². The molecule has 106 valence electrons. The largest absolute Gasteiger partial charge is 0.479 e. The van der Waals surface area contributed by atoms with Crippen molar-refractivity contribution in [1.29, 1.82) is 0 Å². The highest BCUT2D eigenvalue weighted by Gasteiger charge is 2.31.